The molecule has 25 heavy (non-hydrogen) atoms. The van der Waals surface area contributed by atoms with Crippen LogP contribution in [-0.4, -0.2) is 35.8 Å². The Bertz CT molecular complexity index is 812. The highest BCUT2D eigenvalue weighted by atomic mass is 32.1. The van der Waals surface area contributed by atoms with E-state index in [0.717, 1.165) is 21.3 Å². The lowest BCUT2D eigenvalue weighted by molar-refractivity contribution is 0.0277. The first-order valence-corrected chi connectivity index (χ1v) is 8.92. The van der Waals surface area contributed by atoms with E-state index in [0.29, 0.717) is 11.6 Å². The van der Waals surface area contributed by atoms with Gasteiger partial charge in [0.25, 0.3) is 5.91 Å². The van der Waals surface area contributed by atoms with Gasteiger partial charge in [0.05, 0.1) is 29.5 Å². The molecule has 0 aliphatic heterocycles. The number of aromatic nitrogens is 1. The Hall–Kier alpha value is -2.28. The van der Waals surface area contributed by atoms with Crippen LogP contribution in [-0.2, 0) is 4.74 Å². The molecular weight excluding hydrogens is 336 g/mol. The van der Waals surface area contributed by atoms with Crippen molar-refractivity contribution >= 4 is 27.5 Å². The summed E-state index contributed by atoms with van der Waals surface area (Å²) in [4.78, 5) is 16.8. The normalized spacial score (nSPS) is 12.2. The van der Waals surface area contributed by atoms with Crippen LogP contribution in [0.25, 0.3) is 10.2 Å². The van der Waals surface area contributed by atoms with Gasteiger partial charge >= 0.3 is 0 Å². The van der Waals surface area contributed by atoms with Crippen molar-refractivity contribution in [2.75, 3.05) is 19.8 Å². The fourth-order valence-electron chi connectivity index (χ4n) is 2.48. The molecule has 0 fully saturated rings. The average molecular weight is 356 g/mol. The van der Waals surface area contributed by atoms with Crippen LogP contribution in [0, 0.1) is 6.92 Å². The smallest absolute Gasteiger partial charge is 0.280 e. The van der Waals surface area contributed by atoms with Crippen LogP contribution in [0.15, 0.2) is 48.5 Å². The molecule has 3 aromatic rings. The van der Waals surface area contributed by atoms with Gasteiger partial charge in [0.15, 0.2) is 5.01 Å². The molecule has 0 saturated heterocycles. The van der Waals surface area contributed by atoms with Gasteiger partial charge in [-0.25, -0.2) is 4.98 Å². The van der Waals surface area contributed by atoms with Gasteiger partial charge in [-0.15, -0.1) is 11.3 Å². The number of carbonyl (C=O) groups is 1. The number of rotatable bonds is 7. The van der Waals surface area contributed by atoms with Crippen LogP contribution in [0.2, 0.25) is 0 Å². The third kappa shape index (κ3) is 4.42. The molecule has 2 N–H and O–H groups in total. The minimum absolute atomic E-state index is 0.0613. The summed E-state index contributed by atoms with van der Waals surface area (Å²) in [5.41, 5.74) is 2.94. The average Bonchev–Trinajstić information content (AvgIpc) is 3.07. The number of hydrogen-bond acceptors (Lipinski definition) is 5. The van der Waals surface area contributed by atoms with Gasteiger partial charge in [0.1, 0.15) is 0 Å². The number of fused-ring (bicyclic) bond motifs is 1. The summed E-state index contributed by atoms with van der Waals surface area (Å²) in [6.07, 6.45) is -0.314. The van der Waals surface area contributed by atoms with Gasteiger partial charge in [-0.05, 0) is 24.6 Å². The van der Waals surface area contributed by atoms with Gasteiger partial charge in [-0.3, -0.25) is 4.79 Å². The lowest BCUT2D eigenvalue weighted by Crippen LogP contribution is -2.29. The summed E-state index contributed by atoms with van der Waals surface area (Å²) >= 11 is 1.37. The number of hydrogen-bond donors (Lipinski definition) is 2. The van der Waals surface area contributed by atoms with Crippen molar-refractivity contribution < 1.29 is 14.6 Å². The number of nitrogens with zero attached hydrogens (tertiary/aromatic N) is 1. The number of amides is 1. The zero-order valence-electron chi connectivity index (χ0n) is 13.9. The van der Waals surface area contributed by atoms with Crippen LogP contribution >= 0.6 is 11.3 Å². The number of para-hydroxylation sites is 1. The zero-order valence-corrected chi connectivity index (χ0v) is 14.8. The van der Waals surface area contributed by atoms with Crippen molar-refractivity contribution in [3.8, 4) is 0 Å². The van der Waals surface area contributed by atoms with E-state index in [9.17, 15) is 4.79 Å². The fraction of sp³-hybridized carbons (Fsp3) is 0.263. The van der Waals surface area contributed by atoms with E-state index in [1.807, 2.05) is 55.5 Å². The number of aliphatic hydroxyl groups is 1. The van der Waals surface area contributed by atoms with E-state index >= 15 is 0 Å². The van der Waals surface area contributed by atoms with Crippen LogP contribution in [0.5, 0.6) is 0 Å². The number of nitrogens with one attached hydrogen (secondary N) is 1. The predicted molar refractivity (Wildman–Crippen MR) is 98.9 cm³/mol. The molecule has 6 heteroatoms. The highest BCUT2D eigenvalue weighted by Gasteiger charge is 2.16. The molecule has 0 spiro atoms. The predicted octanol–water partition coefficient (Wildman–Crippen LogP) is 3.08. The van der Waals surface area contributed by atoms with Crippen molar-refractivity contribution in [1.82, 2.24) is 10.3 Å². The summed E-state index contributed by atoms with van der Waals surface area (Å²) in [7, 11) is 0. The molecule has 2 aromatic carbocycles. The van der Waals surface area contributed by atoms with E-state index in [2.05, 4.69) is 10.3 Å². The summed E-state index contributed by atoms with van der Waals surface area (Å²) < 4.78 is 6.67. The van der Waals surface area contributed by atoms with E-state index in [-0.39, 0.29) is 25.2 Å². The van der Waals surface area contributed by atoms with Gasteiger partial charge in [-0.1, -0.05) is 42.0 Å². The van der Waals surface area contributed by atoms with E-state index in [4.69, 9.17) is 9.84 Å². The summed E-state index contributed by atoms with van der Waals surface area (Å²) in [5, 5.41) is 12.3. The lowest BCUT2D eigenvalue weighted by Gasteiger charge is -2.18. The first-order valence-electron chi connectivity index (χ1n) is 8.10. The monoisotopic (exact) mass is 356 g/mol. The maximum absolute atomic E-state index is 12.4. The molecule has 0 radical (unpaired) electrons. The second-order valence-corrected chi connectivity index (χ2v) is 6.72. The third-order valence-corrected chi connectivity index (χ3v) is 4.83. The summed E-state index contributed by atoms with van der Waals surface area (Å²) in [5.74, 6) is -0.217. The number of thiazole rings is 1. The van der Waals surface area contributed by atoms with Crippen molar-refractivity contribution in [2.45, 2.75) is 13.0 Å². The van der Waals surface area contributed by atoms with Gasteiger partial charge < -0.3 is 15.2 Å². The molecule has 0 bridgehead atoms. The molecular formula is C19H20N2O3S. The van der Waals surface area contributed by atoms with E-state index in [1.165, 1.54) is 11.3 Å². The van der Waals surface area contributed by atoms with Crippen LogP contribution in [0.3, 0.4) is 0 Å². The zero-order chi connectivity index (χ0) is 17.6. The SMILES string of the molecule is Cc1ccc(C(CNC(=O)c2nc3ccccc3s2)OCCO)cc1. The number of ether oxygens (including phenoxy) is 1. The van der Waals surface area contributed by atoms with E-state index in [1.54, 1.807) is 0 Å². The highest BCUT2D eigenvalue weighted by molar-refractivity contribution is 7.20. The quantitative estimate of drug-likeness (QED) is 0.682. The first-order chi connectivity index (χ1) is 12.2. The number of benzene rings is 2. The molecule has 0 aliphatic rings. The maximum Gasteiger partial charge on any atom is 0.280 e. The lowest BCUT2D eigenvalue weighted by atomic mass is 10.1. The minimum Gasteiger partial charge on any atom is -0.394 e. The van der Waals surface area contributed by atoms with Gasteiger partial charge in [-0.2, -0.15) is 0 Å². The highest BCUT2D eigenvalue weighted by Crippen LogP contribution is 2.22. The van der Waals surface area contributed by atoms with Crippen LogP contribution in [0.1, 0.15) is 27.0 Å². The number of carbonyl (C=O) groups excluding carboxylic acids is 1. The largest absolute Gasteiger partial charge is 0.394 e. The molecule has 1 unspecified atom stereocenters. The van der Waals surface area contributed by atoms with Crippen molar-refractivity contribution in [1.29, 1.82) is 0 Å². The minimum atomic E-state index is -0.314. The molecule has 1 aromatic heterocycles. The number of aryl methyl sites for hydroxylation is 1. The topological polar surface area (TPSA) is 71.5 Å². The Labute approximate surface area is 150 Å². The standard InChI is InChI=1S/C19H20N2O3S/c1-13-6-8-14(9-7-13)16(24-11-10-22)12-20-18(23)19-21-15-4-2-3-5-17(15)25-19/h2-9,16,22H,10-12H2,1H3,(H,20,23). The molecule has 130 valence electrons. The Morgan fingerprint density at radius 3 is 2.72 bits per heavy atom. The third-order valence-electron chi connectivity index (χ3n) is 3.80. The van der Waals surface area contributed by atoms with Crippen LogP contribution < -0.4 is 5.32 Å². The Balaban J connectivity index is 1.69. The van der Waals surface area contributed by atoms with Gasteiger partial charge in [0.2, 0.25) is 0 Å². The molecule has 1 atom stereocenters. The van der Waals surface area contributed by atoms with Gasteiger partial charge in [0, 0.05) is 6.54 Å². The molecule has 0 aliphatic carbocycles. The number of aliphatic hydroxyl groups excluding tert-OH is 1. The molecule has 1 heterocycles. The van der Waals surface area contributed by atoms with Crippen LogP contribution in [0.4, 0.5) is 0 Å². The molecule has 1 amide bonds. The second kappa shape index (κ2) is 8.20. The van der Waals surface area contributed by atoms with E-state index < -0.39 is 0 Å². The fourth-order valence-corrected chi connectivity index (χ4v) is 3.36. The summed E-state index contributed by atoms with van der Waals surface area (Å²) in [6.45, 7) is 2.49. The van der Waals surface area contributed by atoms with Crippen molar-refractivity contribution in [3.05, 3.63) is 64.7 Å². The second-order valence-electron chi connectivity index (χ2n) is 5.69. The molecule has 0 saturated carbocycles. The summed E-state index contributed by atoms with van der Waals surface area (Å²) in [6, 6.07) is 15.6. The molecule has 5 nitrogen and oxygen atoms in total. The molecule has 3 rings (SSSR count). The maximum atomic E-state index is 12.4. The van der Waals surface area contributed by atoms with Crippen molar-refractivity contribution in [2.24, 2.45) is 0 Å². The Morgan fingerprint density at radius 2 is 2.00 bits per heavy atom. The Morgan fingerprint density at radius 1 is 1.24 bits per heavy atom. The first kappa shape index (κ1) is 17.5. The Kier molecular flexibility index (Phi) is 5.75. The van der Waals surface area contributed by atoms with Crippen molar-refractivity contribution in [3.63, 3.8) is 0 Å².